The second-order valence-electron chi connectivity index (χ2n) is 20.2. The van der Waals surface area contributed by atoms with Gasteiger partial charge in [0.2, 0.25) is 34.8 Å². The SMILES string of the molecule is CC(C)OC(=O)[C@@H](C)N[P@@](=O)(OC[C@H]1O[C@@H](n2ccc(=O)[nH]c2=O)[C@](C)(Cl)[C@@H]1O)Oc1ccccc1.CC(C)OC(=O)[C@@H](C)N[P@@](=O)(Oc1ccccc1)Oc1c(F)c(F)c(F)c(F)c1F.C[C@@]1(Cl)[C@H](O)[C@@H](CO)O[C@H]1n1ccc(=O)[nH]c1=O.[CH3][Al]([CH3])[Cl]. The summed E-state index contributed by atoms with van der Waals surface area (Å²) in [5.74, 6) is -11.0. The maximum atomic E-state index is 14.0. The average Bonchev–Trinajstić information content (AvgIpc) is 1.62. The third-order valence-corrected chi connectivity index (χ3v) is 15.7. The Morgan fingerprint density at radius 3 is 1.35 bits per heavy atom. The molecule has 7 rings (SSSR count). The number of carbonyl (C=O) groups excluding carboxylic acids is 2. The second-order valence-corrected chi connectivity index (χ2v) is 29.8. The highest BCUT2D eigenvalue weighted by Crippen LogP contribution is 2.50. The number of rotatable bonds is 20. The number of nitrogens with one attached hydrogen (secondary N) is 4. The lowest BCUT2D eigenvalue weighted by molar-refractivity contribution is -0.150. The predicted octanol–water partition coefficient (Wildman–Crippen LogP) is 7.06. The van der Waals surface area contributed by atoms with Crippen LogP contribution in [0.25, 0.3) is 0 Å². The van der Waals surface area contributed by atoms with E-state index in [1.807, 2.05) is 0 Å². The lowest BCUT2D eigenvalue weighted by Gasteiger charge is -2.26. The van der Waals surface area contributed by atoms with Crippen molar-refractivity contribution in [1.82, 2.24) is 29.3 Å². The molecule has 0 saturated carbocycles. The molecule has 0 spiro atoms. The Morgan fingerprint density at radius 1 is 0.636 bits per heavy atom. The minimum absolute atomic E-state index is 0.137. The number of nitrogens with zero attached hydrogens (tertiary/aromatic N) is 2. The van der Waals surface area contributed by atoms with Crippen LogP contribution in [0.15, 0.2) is 104 Å². The molecular formula is C52H65AlCl3F5N6O19P2. The molecule has 2 aliphatic rings. The molecule has 25 nitrogen and oxygen atoms in total. The minimum atomic E-state index is -4.91. The van der Waals surface area contributed by atoms with Crippen LogP contribution < -0.4 is 46.2 Å². The first-order valence-electron chi connectivity index (χ1n) is 26.3. The van der Waals surface area contributed by atoms with Crippen LogP contribution in [0.3, 0.4) is 0 Å². The zero-order chi connectivity index (χ0) is 66.4. The summed E-state index contributed by atoms with van der Waals surface area (Å²) in [7, 11) is -3.72. The van der Waals surface area contributed by atoms with Crippen molar-refractivity contribution >= 4 is 73.9 Å². The summed E-state index contributed by atoms with van der Waals surface area (Å²) in [5, 5.41) is 34.4. The number of ether oxygens (including phenoxy) is 4. The molecule has 2 saturated heterocycles. The van der Waals surface area contributed by atoms with Crippen molar-refractivity contribution < 1.29 is 93.0 Å². The Hall–Kier alpha value is -5.45. The highest BCUT2D eigenvalue weighted by molar-refractivity contribution is 7.52. The fourth-order valence-corrected chi connectivity index (χ4v) is 11.2. The molecule has 4 heterocycles. The van der Waals surface area contributed by atoms with E-state index in [1.165, 1.54) is 78.2 Å². The van der Waals surface area contributed by atoms with Gasteiger partial charge in [-0.2, -0.15) is 19.0 Å². The molecule has 12 atom stereocenters. The number of aromatic amines is 2. The summed E-state index contributed by atoms with van der Waals surface area (Å²) in [6.07, 6.45) is -5.22. The highest BCUT2D eigenvalue weighted by Gasteiger charge is 2.55. The monoisotopic (exact) mass is 1370 g/mol. The number of aliphatic hydroxyl groups excluding tert-OH is 3. The first-order valence-corrected chi connectivity index (χ1v) is 34.2. The Balaban J connectivity index is 0.000000286. The molecule has 0 bridgehead atoms. The molecule has 5 aromatic rings. The molecule has 0 unspecified atom stereocenters. The molecule has 2 aromatic heterocycles. The molecule has 2 fully saturated rings. The van der Waals surface area contributed by atoms with Gasteiger partial charge in [0.15, 0.2) is 12.5 Å². The van der Waals surface area contributed by atoms with Gasteiger partial charge in [-0.15, -0.1) is 23.2 Å². The van der Waals surface area contributed by atoms with Crippen molar-refractivity contribution in [3.8, 4) is 17.2 Å². The summed E-state index contributed by atoms with van der Waals surface area (Å²) in [6.45, 7) is 11.1. The summed E-state index contributed by atoms with van der Waals surface area (Å²) >= 11 is 12.0. The van der Waals surface area contributed by atoms with Gasteiger partial charge in [0.25, 0.3) is 11.1 Å². The van der Waals surface area contributed by atoms with Gasteiger partial charge in [-0.05, 0) is 79.7 Å². The number of esters is 2. The standard InChI is InChI=1S/C22H29ClN3O9P.C18H17F5NO5P.C10H13ClN2O5.2CH3.Al.ClH/c1-13(2)33-19(29)14(3)25-36(31,35-15-8-6-5-7-9-15)32-12-16-18(28)22(4,23)20(34-16)26-11-10-17(27)24-21(26)30;1-9(2)27-18(25)10(3)24-30(26,28-11-7-5-4-6-8-11)29-17-15(22)13(20)12(19)14(21)16(17)23;1-10(11)7(16)5(4-14)18-8(10)13-3-2-6(15)12-9(13)17;;;;/h5-11,13-14,16,18,20,28H,12H2,1-4H3,(H,25,31)(H,24,27,30);4-10H,1-3H3,(H,24,26);2-3,5,7-8,14,16H,4H2,1H3,(H,12,15,17);2*1H3;;1H/q;;;;;+1;/p-1/t14-,16-,18-,20-,22-,36-;10-,30-;5-,7-,8-,10-;;;;/m111..../s1. The number of aliphatic hydroxyl groups is 3. The first kappa shape index (κ1) is 75.0. The van der Waals surface area contributed by atoms with Crippen LogP contribution in [0.2, 0.25) is 11.6 Å². The summed E-state index contributed by atoms with van der Waals surface area (Å²) in [6, 6.07) is 15.0. The molecule has 36 heteroatoms. The molecule has 0 radical (unpaired) electrons. The molecule has 88 heavy (non-hydrogen) atoms. The number of aromatic nitrogens is 4. The number of H-pyrrole nitrogens is 2. The lowest BCUT2D eigenvalue weighted by atomic mass is 10.0. The van der Waals surface area contributed by atoms with E-state index in [1.54, 1.807) is 50.2 Å². The van der Waals surface area contributed by atoms with Crippen molar-refractivity contribution in [3.05, 3.63) is 156 Å². The molecule has 2 aliphatic heterocycles. The number of carbonyl (C=O) groups is 2. The van der Waals surface area contributed by atoms with Gasteiger partial charge >= 0.3 is 52.0 Å². The Bertz CT molecular complexity index is 3470. The van der Waals surface area contributed by atoms with E-state index >= 15 is 0 Å². The maximum Gasteiger partial charge on any atom is 0.513 e. The zero-order valence-corrected chi connectivity index (χ0v) is 53.7. The maximum absolute atomic E-state index is 14.0. The van der Waals surface area contributed by atoms with E-state index in [0.29, 0.717) is 0 Å². The normalized spacial score (nSPS) is 23.3. The number of hydrogen-bond acceptors (Lipinski definition) is 19. The first-order chi connectivity index (χ1) is 40.9. The summed E-state index contributed by atoms with van der Waals surface area (Å²) in [5.41, 5.74) is -2.62. The van der Waals surface area contributed by atoms with Gasteiger partial charge in [-0.1, -0.05) is 48.0 Å². The van der Waals surface area contributed by atoms with Crippen LogP contribution in [-0.2, 0) is 42.2 Å². The quantitative estimate of drug-likeness (QED) is 0.00779. The largest absolute Gasteiger partial charge is 0.513 e. The number of alkyl halides is 2. The van der Waals surface area contributed by atoms with Gasteiger partial charge < -0.3 is 47.8 Å². The molecule has 0 amide bonds. The Labute approximate surface area is 518 Å². The van der Waals surface area contributed by atoms with E-state index < -0.39 is 182 Å². The van der Waals surface area contributed by atoms with Crippen molar-refractivity contribution in [2.45, 2.75) is 138 Å². The average molecular weight is 1370 g/mol. The smallest absolute Gasteiger partial charge is 0.462 e. The molecular weight excluding hydrogens is 1300 g/mol. The van der Waals surface area contributed by atoms with E-state index in [-0.39, 0.29) is 11.5 Å². The summed E-state index contributed by atoms with van der Waals surface area (Å²) in [4.78, 5) is 71.9. The number of halogens is 8. The summed E-state index contributed by atoms with van der Waals surface area (Å²) < 4.78 is 139. The topological polar surface area (TPSA) is 337 Å². The fraction of sp³-hybridized carbons (Fsp3) is 0.462. The van der Waals surface area contributed by atoms with Crippen molar-refractivity contribution in [1.29, 1.82) is 0 Å². The number of benzene rings is 3. The second kappa shape index (κ2) is 32.5. The molecule has 7 N–H and O–H groups in total. The zero-order valence-electron chi connectivity index (χ0n) is 48.5. The van der Waals surface area contributed by atoms with Gasteiger partial charge in [-0.25, -0.2) is 31.9 Å². The number of hydrogen-bond donors (Lipinski definition) is 7. The van der Waals surface area contributed by atoms with Crippen LogP contribution >= 0.6 is 48.7 Å². The van der Waals surface area contributed by atoms with E-state index in [9.17, 15) is 70.1 Å². The third-order valence-electron chi connectivity index (χ3n) is 11.7. The van der Waals surface area contributed by atoms with Crippen LogP contribution in [0, 0.1) is 29.1 Å². The van der Waals surface area contributed by atoms with E-state index in [2.05, 4.69) is 36.2 Å². The molecule has 486 valence electrons. The van der Waals surface area contributed by atoms with Crippen molar-refractivity contribution in [2.24, 2.45) is 0 Å². The predicted molar refractivity (Wildman–Crippen MR) is 311 cm³/mol. The molecule has 0 aliphatic carbocycles. The van der Waals surface area contributed by atoms with Gasteiger partial charge in [-0.3, -0.25) is 52.9 Å². The van der Waals surface area contributed by atoms with Gasteiger partial charge in [0.05, 0.1) is 25.4 Å². The number of para-hydroxylation sites is 2. The Kier molecular flexibility index (Phi) is 27.7. The Morgan fingerprint density at radius 2 is 0.989 bits per heavy atom. The van der Waals surface area contributed by atoms with E-state index in [4.69, 9.17) is 70.9 Å². The van der Waals surface area contributed by atoms with Crippen molar-refractivity contribution in [2.75, 3.05) is 13.2 Å². The van der Waals surface area contributed by atoms with Crippen LogP contribution in [0.5, 0.6) is 17.2 Å². The van der Waals surface area contributed by atoms with Gasteiger partial charge in [0.1, 0.15) is 57.7 Å². The fourth-order valence-electron chi connectivity index (χ4n) is 7.54. The third kappa shape index (κ3) is 20.5. The molecule has 3 aromatic carbocycles. The van der Waals surface area contributed by atoms with E-state index in [0.717, 1.165) is 21.3 Å². The highest BCUT2D eigenvalue weighted by atomic mass is 35.6. The van der Waals surface area contributed by atoms with Gasteiger partial charge in [0, 0.05) is 24.5 Å². The van der Waals surface area contributed by atoms with Crippen LogP contribution in [0.1, 0.15) is 67.8 Å². The lowest BCUT2D eigenvalue weighted by Crippen LogP contribution is -2.43. The van der Waals surface area contributed by atoms with Crippen molar-refractivity contribution in [3.63, 3.8) is 0 Å². The minimum Gasteiger partial charge on any atom is -0.462 e. The van der Waals surface area contributed by atoms with Crippen LogP contribution in [0.4, 0.5) is 22.0 Å². The van der Waals surface area contributed by atoms with Crippen LogP contribution in [-0.4, -0.2) is 131 Å².